The Balaban J connectivity index is 2.85. The molecule has 154 valence electrons. The number of carbonyl (C=O) groups is 4. The normalized spacial score (nSPS) is 18.9. The van der Waals surface area contributed by atoms with Crippen molar-refractivity contribution in [2.75, 3.05) is 13.1 Å². The van der Waals surface area contributed by atoms with E-state index in [-0.39, 0.29) is 23.6 Å². The Labute approximate surface area is 160 Å². The van der Waals surface area contributed by atoms with E-state index < -0.39 is 24.0 Å². The van der Waals surface area contributed by atoms with Crippen molar-refractivity contribution in [2.45, 2.75) is 71.0 Å². The van der Waals surface area contributed by atoms with Crippen LogP contribution in [0, 0.1) is 5.92 Å². The highest BCUT2D eigenvalue weighted by Gasteiger charge is 2.38. The van der Waals surface area contributed by atoms with E-state index in [1.54, 1.807) is 13.8 Å². The largest absolute Gasteiger partial charge is 0.368 e. The smallest absolute Gasteiger partial charge is 0.245 e. The predicted molar refractivity (Wildman–Crippen MR) is 101 cm³/mol. The maximum atomic E-state index is 13.0. The first-order chi connectivity index (χ1) is 12.7. The summed E-state index contributed by atoms with van der Waals surface area (Å²) in [5, 5.41) is 5.34. The number of nitrogens with zero attached hydrogens (tertiary/aromatic N) is 1. The van der Waals surface area contributed by atoms with Crippen LogP contribution in [0.3, 0.4) is 0 Å². The Morgan fingerprint density at radius 2 is 1.81 bits per heavy atom. The molecule has 4 amide bonds. The number of primary amides is 1. The third kappa shape index (κ3) is 6.82. The molecule has 0 saturated carbocycles. The van der Waals surface area contributed by atoms with Gasteiger partial charge in [0.05, 0.1) is 0 Å². The van der Waals surface area contributed by atoms with Gasteiger partial charge in [-0.3, -0.25) is 19.2 Å². The van der Waals surface area contributed by atoms with Crippen molar-refractivity contribution >= 4 is 23.6 Å². The first kappa shape index (κ1) is 22.9. The van der Waals surface area contributed by atoms with Crippen molar-refractivity contribution in [3.63, 3.8) is 0 Å². The van der Waals surface area contributed by atoms with E-state index in [4.69, 9.17) is 11.5 Å². The molecule has 9 nitrogen and oxygen atoms in total. The first-order valence-electron chi connectivity index (χ1n) is 9.56. The number of unbranched alkanes of at least 4 members (excludes halogenated alkanes) is 1. The summed E-state index contributed by atoms with van der Waals surface area (Å²) in [6.07, 6.45) is 3.12. The fraction of sp³-hybridized carbons (Fsp3) is 0.778. The summed E-state index contributed by atoms with van der Waals surface area (Å²) in [7, 11) is 0. The molecule has 1 fully saturated rings. The lowest BCUT2D eigenvalue weighted by Gasteiger charge is -2.30. The van der Waals surface area contributed by atoms with E-state index in [0.29, 0.717) is 38.8 Å². The van der Waals surface area contributed by atoms with E-state index in [1.165, 1.54) is 11.8 Å². The third-order valence-electron chi connectivity index (χ3n) is 4.73. The van der Waals surface area contributed by atoms with Gasteiger partial charge < -0.3 is 27.0 Å². The molecule has 6 N–H and O–H groups in total. The van der Waals surface area contributed by atoms with Crippen molar-refractivity contribution in [1.29, 1.82) is 0 Å². The van der Waals surface area contributed by atoms with Crippen LogP contribution in [0.5, 0.6) is 0 Å². The van der Waals surface area contributed by atoms with Gasteiger partial charge in [0, 0.05) is 13.5 Å². The monoisotopic (exact) mass is 383 g/mol. The molecule has 1 aliphatic heterocycles. The standard InChI is InChI=1S/C18H33N5O4/c1-11(2)15(16(20)25)22-17(26)14-8-6-10-23(14)18(27)13(21-12(3)24)7-4-5-9-19/h11,13-15H,4-10,19H2,1-3H3,(H2,20,25)(H,21,24)(H,22,26)/t13-,14-,15-/m0/s1. The van der Waals surface area contributed by atoms with Gasteiger partial charge >= 0.3 is 0 Å². The zero-order valence-corrected chi connectivity index (χ0v) is 16.5. The van der Waals surface area contributed by atoms with Gasteiger partial charge in [0.1, 0.15) is 18.1 Å². The van der Waals surface area contributed by atoms with E-state index in [2.05, 4.69) is 10.6 Å². The van der Waals surface area contributed by atoms with Crippen molar-refractivity contribution < 1.29 is 19.2 Å². The molecule has 0 aromatic rings. The number of nitrogens with two attached hydrogens (primary N) is 2. The molecule has 1 heterocycles. The minimum absolute atomic E-state index is 0.152. The molecule has 1 rings (SSSR count). The van der Waals surface area contributed by atoms with Gasteiger partial charge in [0.15, 0.2) is 0 Å². The average molecular weight is 383 g/mol. The molecule has 1 saturated heterocycles. The van der Waals surface area contributed by atoms with Gasteiger partial charge in [-0.2, -0.15) is 0 Å². The Morgan fingerprint density at radius 1 is 1.15 bits per heavy atom. The lowest BCUT2D eigenvalue weighted by molar-refractivity contribution is -0.142. The van der Waals surface area contributed by atoms with Crippen molar-refractivity contribution in [2.24, 2.45) is 17.4 Å². The summed E-state index contributed by atoms with van der Waals surface area (Å²) in [5.74, 6) is -1.72. The predicted octanol–water partition coefficient (Wildman–Crippen LogP) is -0.763. The van der Waals surface area contributed by atoms with Gasteiger partial charge in [0.2, 0.25) is 23.6 Å². The van der Waals surface area contributed by atoms with Crippen LogP contribution in [0.2, 0.25) is 0 Å². The number of nitrogens with one attached hydrogen (secondary N) is 2. The second-order valence-corrected chi connectivity index (χ2v) is 7.36. The van der Waals surface area contributed by atoms with Crippen LogP contribution in [0.15, 0.2) is 0 Å². The van der Waals surface area contributed by atoms with Crippen LogP contribution in [-0.4, -0.2) is 59.7 Å². The molecule has 0 aliphatic carbocycles. The van der Waals surface area contributed by atoms with Gasteiger partial charge in [0.25, 0.3) is 0 Å². The van der Waals surface area contributed by atoms with E-state index >= 15 is 0 Å². The Morgan fingerprint density at radius 3 is 2.33 bits per heavy atom. The summed E-state index contributed by atoms with van der Waals surface area (Å²) in [4.78, 5) is 50.1. The highest BCUT2D eigenvalue weighted by atomic mass is 16.2. The number of hydrogen-bond acceptors (Lipinski definition) is 5. The molecule has 3 atom stereocenters. The molecular weight excluding hydrogens is 350 g/mol. The molecule has 0 unspecified atom stereocenters. The summed E-state index contributed by atoms with van der Waals surface area (Å²) in [6.45, 7) is 5.89. The molecular formula is C18H33N5O4. The second kappa shape index (κ2) is 10.9. The van der Waals surface area contributed by atoms with Gasteiger partial charge in [-0.1, -0.05) is 13.8 Å². The van der Waals surface area contributed by atoms with Gasteiger partial charge in [-0.15, -0.1) is 0 Å². The number of rotatable bonds is 10. The van der Waals surface area contributed by atoms with E-state index in [9.17, 15) is 19.2 Å². The maximum Gasteiger partial charge on any atom is 0.245 e. The van der Waals surface area contributed by atoms with Gasteiger partial charge in [-0.05, 0) is 44.6 Å². The Hall–Kier alpha value is -2.16. The van der Waals surface area contributed by atoms with Crippen LogP contribution in [0.1, 0.15) is 52.9 Å². The molecule has 0 radical (unpaired) electrons. The van der Waals surface area contributed by atoms with Crippen LogP contribution >= 0.6 is 0 Å². The zero-order valence-electron chi connectivity index (χ0n) is 16.5. The number of hydrogen-bond donors (Lipinski definition) is 4. The summed E-state index contributed by atoms with van der Waals surface area (Å²) >= 11 is 0. The SMILES string of the molecule is CC(=O)N[C@@H](CCCCN)C(=O)N1CCC[C@H]1C(=O)N[C@H](C(N)=O)C(C)C. The quantitative estimate of drug-likeness (QED) is 0.366. The minimum Gasteiger partial charge on any atom is -0.368 e. The fourth-order valence-electron chi connectivity index (χ4n) is 3.31. The summed E-state index contributed by atoms with van der Waals surface area (Å²) in [6, 6.07) is -2.13. The Bertz CT molecular complexity index is 552. The van der Waals surface area contributed by atoms with Crippen LogP contribution in [-0.2, 0) is 19.2 Å². The number of likely N-dealkylation sites (tertiary alicyclic amines) is 1. The summed E-state index contributed by atoms with van der Waals surface area (Å²) < 4.78 is 0. The van der Waals surface area contributed by atoms with Crippen molar-refractivity contribution in [3.8, 4) is 0 Å². The average Bonchev–Trinajstić information content (AvgIpc) is 3.06. The molecule has 27 heavy (non-hydrogen) atoms. The molecule has 0 spiro atoms. The van der Waals surface area contributed by atoms with E-state index in [1.807, 2.05) is 0 Å². The lowest BCUT2D eigenvalue weighted by atomic mass is 10.0. The minimum atomic E-state index is -0.786. The number of carbonyl (C=O) groups excluding carboxylic acids is 4. The number of amides is 4. The zero-order chi connectivity index (χ0) is 20.6. The Kier molecular flexibility index (Phi) is 9.20. The lowest BCUT2D eigenvalue weighted by Crippen LogP contribution is -2.56. The van der Waals surface area contributed by atoms with Crippen LogP contribution < -0.4 is 22.1 Å². The molecule has 0 aromatic carbocycles. The highest BCUT2D eigenvalue weighted by molar-refractivity contribution is 5.94. The molecule has 9 heteroatoms. The maximum absolute atomic E-state index is 13.0. The molecule has 0 bridgehead atoms. The highest BCUT2D eigenvalue weighted by Crippen LogP contribution is 2.20. The second-order valence-electron chi connectivity index (χ2n) is 7.36. The van der Waals surface area contributed by atoms with Gasteiger partial charge in [-0.25, -0.2) is 0 Å². The molecule has 0 aromatic heterocycles. The first-order valence-corrected chi connectivity index (χ1v) is 9.56. The van der Waals surface area contributed by atoms with E-state index in [0.717, 1.165) is 6.42 Å². The van der Waals surface area contributed by atoms with Crippen molar-refractivity contribution in [3.05, 3.63) is 0 Å². The fourth-order valence-corrected chi connectivity index (χ4v) is 3.31. The third-order valence-corrected chi connectivity index (χ3v) is 4.73. The van der Waals surface area contributed by atoms with Crippen LogP contribution in [0.4, 0.5) is 0 Å². The summed E-state index contributed by atoms with van der Waals surface area (Å²) in [5.41, 5.74) is 10.9. The van der Waals surface area contributed by atoms with Crippen molar-refractivity contribution in [1.82, 2.24) is 15.5 Å². The topological polar surface area (TPSA) is 148 Å². The van der Waals surface area contributed by atoms with Crippen LogP contribution in [0.25, 0.3) is 0 Å². The molecule has 1 aliphatic rings.